The first-order valence-corrected chi connectivity index (χ1v) is 7.79. The van der Waals surface area contributed by atoms with Crippen molar-refractivity contribution in [1.82, 2.24) is 9.78 Å². The lowest BCUT2D eigenvalue weighted by molar-refractivity contribution is 0.0817. The molecule has 0 saturated carbocycles. The Balaban J connectivity index is 2.11. The highest BCUT2D eigenvalue weighted by molar-refractivity contribution is 6.30. The van der Waals surface area contributed by atoms with E-state index in [2.05, 4.69) is 12.0 Å². The molecule has 1 aromatic heterocycles. The maximum Gasteiger partial charge on any atom is 0.284 e. The minimum Gasteiger partial charge on any atom is -0.483 e. The topological polar surface area (TPSA) is 44.1 Å². The quantitative estimate of drug-likeness (QED) is 0.832. The van der Waals surface area contributed by atoms with Crippen LogP contribution in [-0.4, -0.2) is 22.3 Å². The number of carbonyl (C=O) groups excluding carboxylic acids is 1. The van der Waals surface area contributed by atoms with Crippen molar-refractivity contribution >= 4 is 17.5 Å². The second-order valence-electron chi connectivity index (χ2n) is 5.40. The van der Waals surface area contributed by atoms with Crippen LogP contribution >= 0.6 is 11.6 Å². The van der Waals surface area contributed by atoms with E-state index in [1.807, 2.05) is 26.8 Å². The van der Waals surface area contributed by atoms with E-state index < -0.39 is 0 Å². The molecule has 22 heavy (non-hydrogen) atoms. The molecule has 0 radical (unpaired) electrons. The largest absolute Gasteiger partial charge is 0.483 e. The minimum atomic E-state index is -0.169. The molecule has 2 rings (SSSR count). The van der Waals surface area contributed by atoms with E-state index in [0.29, 0.717) is 10.8 Å². The molecule has 0 atom stereocenters. The molecule has 0 N–H and O–H groups in total. The van der Waals surface area contributed by atoms with Crippen molar-refractivity contribution in [2.75, 3.05) is 6.61 Å². The number of hydrogen-bond donors (Lipinski definition) is 0. The summed E-state index contributed by atoms with van der Waals surface area (Å²) in [7, 11) is 0. The molecule has 0 unspecified atom stereocenters. The number of aromatic nitrogens is 2. The summed E-state index contributed by atoms with van der Waals surface area (Å²) in [5, 5.41) is 5.00. The van der Waals surface area contributed by atoms with Crippen molar-refractivity contribution in [2.24, 2.45) is 0 Å². The molecule has 5 heteroatoms. The number of aryl methyl sites for hydroxylation is 2. The Kier molecular flexibility index (Phi) is 5.24. The van der Waals surface area contributed by atoms with Crippen LogP contribution in [0.2, 0.25) is 5.02 Å². The highest BCUT2D eigenvalue weighted by Gasteiger charge is 2.16. The summed E-state index contributed by atoms with van der Waals surface area (Å²) in [6, 6.07) is 5.33. The number of ether oxygens (including phenoxy) is 1. The van der Waals surface area contributed by atoms with Gasteiger partial charge in [0.2, 0.25) is 0 Å². The summed E-state index contributed by atoms with van der Waals surface area (Å²) < 4.78 is 7.05. The Morgan fingerprint density at radius 1 is 1.32 bits per heavy atom. The number of hydrogen-bond acceptors (Lipinski definition) is 3. The van der Waals surface area contributed by atoms with E-state index in [9.17, 15) is 4.79 Å². The molecule has 4 nitrogen and oxygen atoms in total. The van der Waals surface area contributed by atoms with Crippen molar-refractivity contribution in [3.8, 4) is 5.75 Å². The van der Waals surface area contributed by atoms with Crippen LogP contribution in [0.4, 0.5) is 0 Å². The van der Waals surface area contributed by atoms with Gasteiger partial charge >= 0.3 is 0 Å². The normalized spacial score (nSPS) is 10.8. The molecule has 0 aliphatic carbocycles. The standard InChI is InChI=1S/C17H21ClN2O2/c1-5-6-15-12(3)19-20(13(15)4)17(21)10-22-16-8-7-14(18)9-11(16)2/h7-9H,5-6,10H2,1-4H3. The molecule has 0 spiro atoms. The second kappa shape index (κ2) is 6.97. The lowest BCUT2D eigenvalue weighted by Gasteiger charge is -2.09. The third-order valence-corrected chi connectivity index (χ3v) is 3.90. The lowest BCUT2D eigenvalue weighted by Crippen LogP contribution is -2.22. The van der Waals surface area contributed by atoms with Gasteiger partial charge in [0, 0.05) is 10.7 Å². The number of nitrogens with zero attached hydrogens (tertiary/aromatic N) is 2. The second-order valence-corrected chi connectivity index (χ2v) is 5.84. The first kappa shape index (κ1) is 16.6. The van der Waals surface area contributed by atoms with Gasteiger partial charge in [-0.25, -0.2) is 4.68 Å². The smallest absolute Gasteiger partial charge is 0.284 e. The molecule has 0 bridgehead atoms. The van der Waals surface area contributed by atoms with Gasteiger partial charge in [0.05, 0.1) is 5.69 Å². The Labute approximate surface area is 136 Å². The maximum atomic E-state index is 12.3. The van der Waals surface area contributed by atoms with Crippen molar-refractivity contribution in [2.45, 2.75) is 40.5 Å². The van der Waals surface area contributed by atoms with Crippen molar-refractivity contribution < 1.29 is 9.53 Å². The van der Waals surface area contributed by atoms with Crippen LogP contribution < -0.4 is 4.74 Å². The summed E-state index contributed by atoms with van der Waals surface area (Å²) in [6.45, 7) is 7.83. The van der Waals surface area contributed by atoms with E-state index in [1.165, 1.54) is 4.68 Å². The summed E-state index contributed by atoms with van der Waals surface area (Å²) >= 11 is 5.91. The van der Waals surface area contributed by atoms with E-state index in [1.54, 1.807) is 12.1 Å². The van der Waals surface area contributed by atoms with Crippen LogP contribution in [0.5, 0.6) is 5.75 Å². The van der Waals surface area contributed by atoms with Gasteiger partial charge in [0.25, 0.3) is 5.91 Å². The number of benzene rings is 1. The Hall–Kier alpha value is -1.81. The molecule has 118 valence electrons. The highest BCUT2D eigenvalue weighted by atomic mass is 35.5. The monoisotopic (exact) mass is 320 g/mol. The van der Waals surface area contributed by atoms with Crippen molar-refractivity contribution in [1.29, 1.82) is 0 Å². The van der Waals surface area contributed by atoms with E-state index in [4.69, 9.17) is 16.3 Å². The van der Waals surface area contributed by atoms with Gasteiger partial charge in [-0.2, -0.15) is 5.10 Å². The van der Waals surface area contributed by atoms with E-state index >= 15 is 0 Å². The molecule has 0 amide bonds. The van der Waals surface area contributed by atoms with Gasteiger partial charge in [-0.1, -0.05) is 24.9 Å². The molecule has 1 heterocycles. The fourth-order valence-electron chi connectivity index (χ4n) is 2.51. The van der Waals surface area contributed by atoms with Gasteiger partial charge in [0.15, 0.2) is 6.61 Å². The van der Waals surface area contributed by atoms with Crippen LogP contribution in [0.25, 0.3) is 0 Å². The highest BCUT2D eigenvalue weighted by Crippen LogP contribution is 2.22. The fourth-order valence-corrected chi connectivity index (χ4v) is 2.73. The van der Waals surface area contributed by atoms with E-state index in [-0.39, 0.29) is 12.5 Å². The van der Waals surface area contributed by atoms with Crippen LogP contribution in [-0.2, 0) is 6.42 Å². The predicted molar refractivity (Wildman–Crippen MR) is 88.0 cm³/mol. The first-order chi connectivity index (χ1) is 10.4. The SMILES string of the molecule is CCCc1c(C)nn(C(=O)COc2ccc(Cl)cc2C)c1C. The summed E-state index contributed by atoms with van der Waals surface area (Å²) in [5.41, 5.74) is 3.87. The molecular weight excluding hydrogens is 300 g/mol. The van der Waals surface area contributed by atoms with Gasteiger partial charge < -0.3 is 4.74 Å². The van der Waals surface area contributed by atoms with Gasteiger partial charge in [0.1, 0.15) is 5.75 Å². The summed E-state index contributed by atoms with van der Waals surface area (Å²) in [4.78, 5) is 12.3. The van der Waals surface area contributed by atoms with Crippen molar-refractivity contribution in [3.05, 3.63) is 45.7 Å². The number of halogens is 1. The molecule has 2 aromatic rings. The van der Waals surface area contributed by atoms with Crippen LogP contribution in [0.1, 0.15) is 40.7 Å². The Morgan fingerprint density at radius 2 is 2.05 bits per heavy atom. The molecule has 1 aromatic carbocycles. The minimum absolute atomic E-state index is 0.0456. The molecule has 0 fully saturated rings. The summed E-state index contributed by atoms with van der Waals surface area (Å²) in [5.74, 6) is 0.491. The average Bonchev–Trinajstić information content (AvgIpc) is 2.74. The molecule has 0 saturated heterocycles. The third kappa shape index (κ3) is 3.50. The maximum absolute atomic E-state index is 12.3. The molecule has 0 aliphatic heterocycles. The van der Waals surface area contributed by atoms with Crippen LogP contribution in [0.3, 0.4) is 0 Å². The number of rotatable bonds is 5. The van der Waals surface area contributed by atoms with Gasteiger partial charge in [-0.05, 0) is 56.5 Å². The number of carbonyl (C=O) groups is 1. The van der Waals surface area contributed by atoms with Crippen molar-refractivity contribution in [3.63, 3.8) is 0 Å². The predicted octanol–water partition coefficient (Wildman–Crippen LogP) is 4.13. The molecular formula is C17H21ClN2O2. The zero-order valence-electron chi connectivity index (χ0n) is 13.4. The first-order valence-electron chi connectivity index (χ1n) is 7.41. The Morgan fingerprint density at radius 3 is 2.68 bits per heavy atom. The average molecular weight is 321 g/mol. The van der Waals surface area contributed by atoms with E-state index in [0.717, 1.165) is 35.4 Å². The zero-order chi connectivity index (χ0) is 16.3. The summed E-state index contributed by atoms with van der Waals surface area (Å²) in [6.07, 6.45) is 1.96. The molecule has 0 aliphatic rings. The zero-order valence-corrected chi connectivity index (χ0v) is 14.2. The van der Waals surface area contributed by atoms with Crippen LogP contribution in [0, 0.1) is 20.8 Å². The Bertz CT molecular complexity index is 692. The lowest BCUT2D eigenvalue weighted by atomic mass is 10.1. The third-order valence-electron chi connectivity index (χ3n) is 3.67. The fraction of sp³-hybridized carbons (Fsp3) is 0.412. The van der Waals surface area contributed by atoms with Gasteiger partial charge in [-0.15, -0.1) is 0 Å². The van der Waals surface area contributed by atoms with Gasteiger partial charge in [-0.3, -0.25) is 4.79 Å². The van der Waals surface area contributed by atoms with Crippen LogP contribution in [0.15, 0.2) is 18.2 Å².